The molecule has 142 valence electrons. The van der Waals surface area contributed by atoms with Crippen LogP contribution in [-0.4, -0.2) is 42.1 Å². The minimum atomic E-state index is -0.394. The van der Waals surface area contributed by atoms with Gasteiger partial charge in [0.2, 0.25) is 6.29 Å². The second-order valence-electron chi connectivity index (χ2n) is 6.47. The number of aromatic nitrogens is 1. The summed E-state index contributed by atoms with van der Waals surface area (Å²) in [5.41, 5.74) is 1.84. The Morgan fingerprint density at radius 2 is 1.82 bits per heavy atom. The van der Waals surface area contributed by atoms with Gasteiger partial charge in [0, 0.05) is 18.4 Å². The number of rotatable bonds is 8. The average molecular weight is 374 g/mol. The van der Waals surface area contributed by atoms with Crippen molar-refractivity contribution >= 4 is 23.6 Å². The normalized spacial score (nSPS) is 14.4. The summed E-state index contributed by atoms with van der Waals surface area (Å²) < 4.78 is 12.1. The lowest BCUT2D eigenvalue weighted by atomic mass is 10.2. The highest BCUT2D eigenvalue weighted by molar-refractivity contribution is 5.78. The van der Waals surface area contributed by atoms with Crippen LogP contribution in [0.25, 0.3) is 10.9 Å². The highest BCUT2D eigenvalue weighted by Crippen LogP contribution is 2.17. The van der Waals surface area contributed by atoms with Crippen LogP contribution in [0.2, 0.25) is 0 Å². The Labute approximate surface area is 164 Å². The number of benzene rings is 2. The summed E-state index contributed by atoms with van der Waals surface area (Å²) in [7, 11) is 0. The lowest BCUT2D eigenvalue weighted by molar-refractivity contribution is -0.0957. The Balaban J connectivity index is 1.40. The maximum Gasteiger partial charge on any atom is 0.201 e. The molecular weight excluding hydrogens is 352 g/mol. The summed E-state index contributed by atoms with van der Waals surface area (Å²) in [5.74, 6) is 0.782. The van der Waals surface area contributed by atoms with Crippen LogP contribution >= 0.6 is 0 Å². The van der Waals surface area contributed by atoms with Crippen molar-refractivity contribution in [1.29, 1.82) is 0 Å². The smallest absolute Gasteiger partial charge is 0.201 e. The van der Waals surface area contributed by atoms with Crippen molar-refractivity contribution in [1.82, 2.24) is 9.88 Å². The Hall–Kier alpha value is -3.25. The zero-order valence-corrected chi connectivity index (χ0v) is 15.5. The molecule has 1 aromatic heterocycles. The Morgan fingerprint density at radius 1 is 0.964 bits per heavy atom. The Bertz CT molecular complexity index is 959. The van der Waals surface area contributed by atoms with Gasteiger partial charge in [-0.25, -0.2) is 4.99 Å². The van der Waals surface area contributed by atoms with Crippen molar-refractivity contribution in [3.05, 3.63) is 72.4 Å². The minimum absolute atomic E-state index is 0.384. The highest BCUT2D eigenvalue weighted by atomic mass is 16.7. The molecule has 28 heavy (non-hydrogen) atoms. The van der Waals surface area contributed by atoms with E-state index in [1.54, 1.807) is 12.7 Å². The van der Waals surface area contributed by atoms with Crippen LogP contribution in [0.5, 0.6) is 5.75 Å². The Kier molecular flexibility index (Phi) is 5.89. The Morgan fingerprint density at radius 3 is 2.68 bits per heavy atom. The molecule has 2 heterocycles. The van der Waals surface area contributed by atoms with Gasteiger partial charge in [-0.3, -0.25) is 9.98 Å². The lowest BCUT2D eigenvalue weighted by Crippen LogP contribution is -2.31. The third-order valence-electron chi connectivity index (χ3n) is 4.38. The third-order valence-corrected chi connectivity index (χ3v) is 4.38. The van der Waals surface area contributed by atoms with Crippen molar-refractivity contribution in [2.75, 3.05) is 13.2 Å². The van der Waals surface area contributed by atoms with E-state index in [4.69, 9.17) is 9.47 Å². The molecule has 0 aliphatic carbocycles. The number of hydrogen-bond donors (Lipinski definition) is 0. The summed E-state index contributed by atoms with van der Waals surface area (Å²) in [6, 6.07) is 21.8. The lowest BCUT2D eigenvalue weighted by Gasteiger charge is -2.24. The second-order valence-corrected chi connectivity index (χ2v) is 6.47. The van der Waals surface area contributed by atoms with Gasteiger partial charge in [0.1, 0.15) is 18.8 Å². The minimum Gasteiger partial charge on any atom is -0.465 e. The standard InChI is InChI=1S/C22H22N4O2/c1-2-7-20(8-3-1)28-22(12-13-26-16-23-15-24-17-26)27-14-19-11-10-18-6-4-5-9-21(18)25-19/h1-11,15-16,22H,12-14,17H2. The van der Waals surface area contributed by atoms with Crippen molar-refractivity contribution in [2.45, 2.75) is 19.3 Å². The SMILES string of the molecule is C1=NC=NCN1CCC(OCc1ccc2ccccc2n1)Oc1ccccc1. The van der Waals surface area contributed by atoms with Crippen LogP contribution in [0, 0.1) is 0 Å². The number of hydrogen-bond acceptors (Lipinski definition) is 6. The van der Waals surface area contributed by atoms with E-state index in [0.717, 1.165) is 28.9 Å². The molecule has 2 aromatic carbocycles. The first kappa shape index (κ1) is 18.1. The van der Waals surface area contributed by atoms with Crippen LogP contribution in [0.4, 0.5) is 0 Å². The van der Waals surface area contributed by atoms with Crippen LogP contribution < -0.4 is 4.74 Å². The number of para-hydroxylation sites is 2. The predicted octanol–water partition coefficient (Wildman–Crippen LogP) is 3.88. The average Bonchev–Trinajstić information content (AvgIpc) is 2.77. The van der Waals surface area contributed by atoms with Gasteiger partial charge in [0.15, 0.2) is 0 Å². The molecule has 0 radical (unpaired) electrons. The van der Waals surface area contributed by atoms with Crippen molar-refractivity contribution in [3.63, 3.8) is 0 Å². The molecule has 4 rings (SSSR count). The molecule has 0 saturated carbocycles. The van der Waals surface area contributed by atoms with E-state index in [2.05, 4.69) is 27.1 Å². The molecule has 3 aromatic rings. The molecule has 0 N–H and O–H groups in total. The number of ether oxygens (including phenoxy) is 2. The van der Waals surface area contributed by atoms with Gasteiger partial charge in [0.05, 0.1) is 24.2 Å². The topological polar surface area (TPSA) is 59.3 Å². The first-order valence-electron chi connectivity index (χ1n) is 9.30. The molecule has 0 amide bonds. The fourth-order valence-electron chi connectivity index (χ4n) is 2.94. The molecule has 1 unspecified atom stereocenters. The zero-order chi connectivity index (χ0) is 19.0. The van der Waals surface area contributed by atoms with Crippen LogP contribution in [0.3, 0.4) is 0 Å². The number of aliphatic imine (C=N–C) groups is 2. The van der Waals surface area contributed by atoms with Gasteiger partial charge in [-0.05, 0) is 24.3 Å². The first-order valence-corrected chi connectivity index (χ1v) is 9.30. The van der Waals surface area contributed by atoms with E-state index in [1.165, 1.54) is 0 Å². The molecule has 0 saturated heterocycles. The molecule has 6 nitrogen and oxygen atoms in total. The van der Waals surface area contributed by atoms with Gasteiger partial charge in [-0.1, -0.05) is 42.5 Å². The van der Waals surface area contributed by atoms with E-state index < -0.39 is 6.29 Å². The van der Waals surface area contributed by atoms with Gasteiger partial charge in [-0.15, -0.1) is 0 Å². The monoisotopic (exact) mass is 374 g/mol. The quantitative estimate of drug-likeness (QED) is 0.562. The van der Waals surface area contributed by atoms with Crippen LogP contribution in [0.15, 0.2) is 76.7 Å². The van der Waals surface area contributed by atoms with Gasteiger partial charge >= 0.3 is 0 Å². The summed E-state index contributed by atoms with van der Waals surface area (Å²) >= 11 is 0. The summed E-state index contributed by atoms with van der Waals surface area (Å²) in [6.07, 6.45) is 3.65. The summed E-state index contributed by atoms with van der Waals surface area (Å²) in [4.78, 5) is 14.9. The third kappa shape index (κ3) is 4.92. The fourth-order valence-corrected chi connectivity index (χ4v) is 2.94. The summed E-state index contributed by atoms with van der Waals surface area (Å²) in [5, 5.41) is 1.12. The number of pyridine rings is 1. The van der Waals surface area contributed by atoms with E-state index in [0.29, 0.717) is 19.7 Å². The second kappa shape index (κ2) is 9.10. The molecule has 1 atom stereocenters. The van der Waals surface area contributed by atoms with Crippen molar-refractivity contribution in [3.8, 4) is 5.75 Å². The maximum atomic E-state index is 6.08. The zero-order valence-electron chi connectivity index (χ0n) is 15.5. The molecule has 6 heteroatoms. The van der Waals surface area contributed by atoms with Gasteiger partial charge in [-0.2, -0.15) is 0 Å². The molecule has 0 fully saturated rings. The molecule has 1 aliphatic heterocycles. The van der Waals surface area contributed by atoms with E-state index in [9.17, 15) is 0 Å². The number of nitrogens with zero attached hydrogens (tertiary/aromatic N) is 4. The molecular formula is C22H22N4O2. The van der Waals surface area contributed by atoms with Crippen molar-refractivity contribution in [2.24, 2.45) is 9.98 Å². The highest BCUT2D eigenvalue weighted by Gasteiger charge is 2.14. The maximum absolute atomic E-state index is 6.08. The molecule has 0 bridgehead atoms. The van der Waals surface area contributed by atoms with E-state index in [1.807, 2.05) is 59.5 Å². The van der Waals surface area contributed by atoms with Crippen LogP contribution in [0.1, 0.15) is 12.1 Å². The van der Waals surface area contributed by atoms with Gasteiger partial charge < -0.3 is 14.4 Å². The van der Waals surface area contributed by atoms with Gasteiger partial charge in [0.25, 0.3) is 0 Å². The molecule has 1 aliphatic rings. The van der Waals surface area contributed by atoms with Crippen molar-refractivity contribution < 1.29 is 9.47 Å². The predicted molar refractivity (Wildman–Crippen MR) is 111 cm³/mol. The fraction of sp³-hybridized carbons (Fsp3) is 0.227. The first-order chi connectivity index (χ1) is 13.9. The largest absolute Gasteiger partial charge is 0.465 e. The summed E-state index contributed by atoms with van der Waals surface area (Å²) in [6.45, 7) is 1.73. The van der Waals surface area contributed by atoms with E-state index >= 15 is 0 Å². The number of fused-ring (bicyclic) bond motifs is 1. The van der Waals surface area contributed by atoms with Crippen LogP contribution in [-0.2, 0) is 11.3 Å². The van der Waals surface area contributed by atoms with E-state index in [-0.39, 0.29) is 0 Å². The molecule has 0 spiro atoms.